The smallest absolute Gasteiger partial charge is 0.222 e. The number of hydrogen-bond donors (Lipinski definition) is 0. The Balaban J connectivity index is 1.48. The van der Waals surface area contributed by atoms with E-state index in [0.717, 1.165) is 43.4 Å². The number of aromatic nitrogens is 3. The van der Waals surface area contributed by atoms with E-state index in [1.165, 1.54) is 50.5 Å². The van der Waals surface area contributed by atoms with Crippen LogP contribution in [0.1, 0.15) is 90.3 Å². The highest BCUT2D eigenvalue weighted by molar-refractivity contribution is 5.79. The molecule has 32 heavy (non-hydrogen) atoms. The van der Waals surface area contributed by atoms with Crippen LogP contribution in [0.4, 0.5) is 0 Å². The second-order valence-electron chi connectivity index (χ2n) is 9.44. The largest absolute Gasteiger partial charge is 0.336 e. The molecule has 2 aromatic rings. The van der Waals surface area contributed by atoms with Crippen LogP contribution >= 0.6 is 0 Å². The summed E-state index contributed by atoms with van der Waals surface area (Å²) >= 11 is 0. The molecule has 2 heterocycles. The molecule has 2 rings (SSSR count). The maximum Gasteiger partial charge on any atom is 0.222 e. The minimum Gasteiger partial charge on any atom is -0.336 e. The third-order valence-electron chi connectivity index (χ3n) is 6.27. The van der Waals surface area contributed by atoms with E-state index in [-0.39, 0.29) is 11.9 Å². The summed E-state index contributed by atoms with van der Waals surface area (Å²) in [5.74, 6) is 1.58. The van der Waals surface area contributed by atoms with Crippen molar-refractivity contribution in [2.24, 2.45) is 5.92 Å². The van der Waals surface area contributed by atoms with Crippen LogP contribution in [0.25, 0.3) is 11.0 Å². The van der Waals surface area contributed by atoms with E-state index >= 15 is 0 Å². The van der Waals surface area contributed by atoms with Gasteiger partial charge in [-0.15, -0.1) is 0 Å². The molecule has 1 atom stereocenters. The fraction of sp³-hybridized carbons (Fsp3) is 0.692. The summed E-state index contributed by atoms with van der Waals surface area (Å²) in [5, 5.41) is 0. The number of likely N-dealkylation sites (N-methyl/N-ethyl adjacent to an activating group) is 1. The number of unbranched alkanes of at least 4 members (excludes halogenated alkanes) is 8. The average molecular weight is 443 g/mol. The molecule has 0 radical (unpaired) electrons. The standard InChI is InChI=1S/C26H42N4O2/c1-21(2)18-23(20-31)29(4)26(32)14-12-10-8-6-5-7-9-11-13-17-30-22(3)28-24-19-27-16-15-25(24)30/h15-16,19-21,23H,5-14,17-18H2,1-4H3/t23-/m0/s1. The average Bonchev–Trinajstić information content (AvgIpc) is 3.09. The maximum atomic E-state index is 12.3. The molecule has 0 saturated heterocycles. The van der Waals surface area contributed by atoms with E-state index in [9.17, 15) is 9.59 Å². The number of amides is 1. The number of nitrogens with zero attached hydrogens (tertiary/aromatic N) is 4. The minimum absolute atomic E-state index is 0.0971. The molecule has 0 aliphatic rings. The molecule has 0 aliphatic heterocycles. The number of aldehydes is 1. The summed E-state index contributed by atoms with van der Waals surface area (Å²) in [4.78, 5) is 33.9. The number of imidazole rings is 1. The molecule has 0 bridgehead atoms. The van der Waals surface area contributed by atoms with Crippen molar-refractivity contribution in [3.63, 3.8) is 0 Å². The third-order valence-corrected chi connectivity index (χ3v) is 6.27. The first-order valence-corrected chi connectivity index (χ1v) is 12.4. The molecule has 178 valence electrons. The van der Waals surface area contributed by atoms with Gasteiger partial charge in [-0.25, -0.2) is 4.98 Å². The molecule has 0 aromatic carbocycles. The molecule has 0 fully saturated rings. The van der Waals surface area contributed by atoms with Crippen LogP contribution in [0.3, 0.4) is 0 Å². The van der Waals surface area contributed by atoms with E-state index in [1.54, 1.807) is 11.9 Å². The minimum atomic E-state index is -0.282. The fourth-order valence-corrected chi connectivity index (χ4v) is 4.32. The van der Waals surface area contributed by atoms with Gasteiger partial charge in [0.1, 0.15) is 17.6 Å². The van der Waals surface area contributed by atoms with Gasteiger partial charge in [0.2, 0.25) is 5.91 Å². The highest BCUT2D eigenvalue weighted by atomic mass is 16.2. The molecule has 1 amide bonds. The van der Waals surface area contributed by atoms with Gasteiger partial charge in [0.25, 0.3) is 0 Å². The van der Waals surface area contributed by atoms with Gasteiger partial charge in [0.15, 0.2) is 0 Å². The molecule has 0 saturated carbocycles. The van der Waals surface area contributed by atoms with Crippen molar-refractivity contribution in [1.29, 1.82) is 0 Å². The lowest BCUT2D eigenvalue weighted by Crippen LogP contribution is -2.38. The molecule has 0 aliphatic carbocycles. The zero-order valence-corrected chi connectivity index (χ0v) is 20.6. The van der Waals surface area contributed by atoms with Gasteiger partial charge in [0.05, 0.1) is 17.8 Å². The van der Waals surface area contributed by atoms with Crippen LogP contribution in [-0.2, 0) is 16.1 Å². The SMILES string of the molecule is Cc1nc2cnccc2n1CCCCCCCCCCCC(=O)N(C)[C@H](C=O)CC(C)C. The lowest BCUT2D eigenvalue weighted by atomic mass is 10.0. The number of pyridine rings is 1. The van der Waals surface area contributed by atoms with Crippen molar-refractivity contribution in [3.05, 3.63) is 24.3 Å². The molecule has 0 spiro atoms. The summed E-state index contributed by atoms with van der Waals surface area (Å²) in [7, 11) is 1.76. The van der Waals surface area contributed by atoms with Gasteiger partial charge in [-0.05, 0) is 38.2 Å². The monoisotopic (exact) mass is 442 g/mol. The van der Waals surface area contributed by atoms with E-state index in [0.29, 0.717) is 12.3 Å². The zero-order chi connectivity index (χ0) is 23.3. The molecule has 6 heteroatoms. The number of rotatable bonds is 16. The third kappa shape index (κ3) is 8.36. The van der Waals surface area contributed by atoms with Gasteiger partial charge in [-0.3, -0.25) is 9.78 Å². The number of aryl methyl sites for hydroxylation is 2. The van der Waals surface area contributed by atoms with Crippen LogP contribution in [0.5, 0.6) is 0 Å². The number of hydrogen-bond acceptors (Lipinski definition) is 4. The topological polar surface area (TPSA) is 68.1 Å². The summed E-state index contributed by atoms with van der Waals surface area (Å²) in [6.07, 6.45) is 16.6. The highest BCUT2D eigenvalue weighted by Crippen LogP contribution is 2.17. The number of fused-ring (bicyclic) bond motifs is 1. The van der Waals surface area contributed by atoms with Crippen LogP contribution in [0, 0.1) is 12.8 Å². The number of carbonyl (C=O) groups excluding carboxylic acids is 2. The van der Waals surface area contributed by atoms with Gasteiger partial charge >= 0.3 is 0 Å². The lowest BCUT2D eigenvalue weighted by molar-refractivity contribution is -0.135. The predicted octanol–water partition coefficient (Wildman–Crippen LogP) is 5.71. The Morgan fingerprint density at radius 2 is 1.69 bits per heavy atom. The Hall–Kier alpha value is -2.24. The van der Waals surface area contributed by atoms with Crippen LogP contribution < -0.4 is 0 Å². The fourth-order valence-electron chi connectivity index (χ4n) is 4.32. The Morgan fingerprint density at radius 3 is 2.31 bits per heavy atom. The Morgan fingerprint density at radius 1 is 1.06 bits per heavy atom. The summed E-state index contributed by atoms with van der Waals surface area (Å²) in [5.41, 5.74) is 2.17. The van der Waals surface area contributed by atoms with E-state index < -0.39 is 0 Å². The van der Waals surface area contributed by atoms with Crippen molar-refractivity contribution in [2.45, 2.75) is 104 Å². The van der Waals surface area contributed by atoms with Crippen LogP contribution in [0.2, 0.25) is 0 Å². The van der Waals surface area contributed by atoms with Gasteiger partial charge in [-0.2, -0.15) is 0 Å². The van der Waals surface area contributed by atoms with Crippen molar-refractivity contribution >= 4 is 23.2 Å². The zero-order valence-electron chi connectivity index (χ0n) is 20.6. The second kappa shape index (κ2) is 14.0. The van der Waals surface area contributed by atoms with Crippen molar-refractivity contribution in [2.75, 3.05) is 7.05 Å². The van der Waals surface area contributed by atoms with Crippen molar-refractivity contribution < 1.29 is 9.59 Å². The van der Waals surface area contributed by atoms with E-state index in [4.69, 9.17) is 0 Å². The van der Waals surface area contributed by atoms with Crippen LogP contribution in [0.15, 0.2) is 18.5 Å². The molecule has 6 nitrogen and oxygen atoms in total. The molecular formula is C26H42N4O2. The lowest BCUT2D eigenvalue weighted by Gasteiger charge is -2.25. The van der Waals surface area contributed by atoms with E-state index in [1.807, 2.05) is 18.5 Å². The molecule has 0 N–H and O–H groups in total. The van der Waals surface area contributed by atoms with Crippen LogP contribution in [-0.4, -0.2) is 44.7 Å². The van der Waals surface area contributed by atoms with Gasteiger partial charge in [0, 0.05) is 26.2 Å². The summed E-state index contributed by atoms with van der Waals surface area (Å²) in [6, 6.07) is 1.77. The predicted molar refractivity (Wildman–Crippen MR) is 131 cm³/mol. The molecular weight excluding hydrogens is 400 g/mol. The van der Waals surface area contributed by atoms with Gasteiger partial charge < -0.3 is 14.3 Å². The van der Waals surface area contributed by atoms with Crippen molar-refractivity contribution in [1.82, 2.24) is 19.4 Å². The highest BCUT2D eigenvalue weighted by Gasteiger charge is 2.19. The normalized spacial score (nSPS) is 12.4. The maximum absolute atomic E-state index is 12.3. The Bertz CT molecular complexity index is 830. The Kier molecular flexibility index (Phi) is 11.4. The molecule has 0 unspecified atom stereocenters. The first-order valence-electron chi connectivity index (χ1n) is 12.4. The van der Waals surface area contributed by atoms with Crippen molar-refractivity contribution in [3.8, 4) is 0 Å². The summed E-state index contributed by atoms with van der Waals surface area (Å²) < 4.78 is 2.30. The number of carbonyl (C=O) groups is 2. The molecule has 2 aromatic heterocycles. The summed E-state index contributed by atoms with van der Waals surface area (Å²) in [6.45, 7) is 7.25. The van der Waals surface area contributed by atoms with E-state index in [2.05, 4.69) is 35.3 Å². The second-order valence-corrected chi connectivity index (χ2v) is 9.44. The first-order chi connectivity index (χ1) is 15.4. The first kappa shape index (κ1) is 26.0. The van der Waals surface area contributed by atoms with Gasteiger partial charge in [-0.1, -0.05) is 58.8 Å². The quantitative estimate of drug-likeness (QED) is 0.246. The Labute approximate surface area is 193 Å².